The maximum absolute atomic E-state index is 13.8. The van der Waals surface area contributed by atoms with Gasteiger partial charge in [0.2, 0.25) is 11.7 Å². The fourth-order valence-corrected chi connectivity index (χ4v) is 4.18. The van der Waals surface area contributed by atoms with Crippen LogP contribution in [0, 0.1) is 12.7 Å². The van der Waals surface area contributed by atoms with Crippen molar-refractivity contribution in [2.75, 3.05) is 6.54 Å². The zero-order valence-electron chi connectivity index (χ0n) is 14.3. The van der Waals surface area contributed by atoms with E-state index < -0.39 is 0 Å². The zero-order chi connectivity index (χ0) is 17.4. The van der Waals surface area contributed by atoms with Gasteiger partial charge in [0.05, 0.1) is 6.04 Å². The van der Waals surface area contributed by atoms with Gasteiger partial charge in [-0.1, -0.05) is 17.3 Å². The van der Waals surface area contributed by atoms with Gasteiger partial charge < -0.3 is 4.52 Å². The van der Waals surface area contributed by atoms with E-state index in [9.17, 15) is 4.39 Å². The Labute approximate surface area is 150 Å². The summed E-state index contributed by atoms with van der Waals surface area (Å²) < 4.78 is 19.3. The number of thiophene rings is 1. The van der Waals surface area contributed by atoms with Crippen molar-refractivity contribution in [3.8, 4) is 11.4 Å². The molecule has 4 rings (SSSR count). The highest BCUT2D eigenvalue weighted by atomic mass is 32.1. The predicted molar refractivity (Wildman–Crippen MR) is 95.8 cm³/mol. The first-order chi connectivity index (χ1) is 12.1. The molecule has 0 saturated carbocycles. The average molecular weight is 357 g/mol. The third-order valence-electron chi connectivity index (χ3n) is 4.95. The largest absolute Gasteiger partial charge is 0.337 e. The van der Waals surface area contributed by atoms with Crippen LogP contribution in [0.3, 0.4) is 0 Å². The third kappa shape index (κ3) is 3.12. The summed E-state index contributed by atoms with van der Waals surface area (Å²) in [6.07, 6.45) is 2.31. The van der Waals surface area contributed by atoms with E-state index in [1.165, 1.54) is 11.6 Å². The standard InChI is InChI=1S/C19H20FN3OS/c1-12-5-6-14(10-16(12)20)18-21-19(24-22-18)13(2)23-8-3-4-17(23)15-7-9-25-11-15/h5-7,9-11,13,17H,3-4,8H2,1-2H3/t13-,17-/m1/s1. The van der Waals surface area contributed by atoms with Gasteiger partial charge in [-0.25, -0.2) is 4.39 Å². The number of aromatic nitrogens is 2. The molecule has 2 aromatic heterocycles. The van der Waals surface area contributed by atoms with E-state index in [2.05, 4.69) is 38.8 Å². The van der Waals surface area contributed by atoms with Gasteiger partial charge in [0, 0.05) is 11.6 Å². The smallest absolute Gasteiger partial charge is 0.244 e. The highest BCUT2D eigenvalue weighted by Gasteiger charge is 2.33. The molecule has 0 radical (unpaired) electrons. The number of nitrogens with zero attached hydrogens (tertiary/aromatic N) is 3. The van der Waals surface area contributed by atoms with Crippen LogP contribution in [-0.4, -0.2) is 21.6 Å². The maximum atomic E-state index is 13.8. The van der Waals surface area contributed by atoms with Crippen molar-refractivity contribution in [2.45, 2.75) is 38.8 Å². The molecule has 3 heterocycles. The molecular formula is C19H20FN3OS. The van der Waals surface area contributed by atoms with E-state index in [0.717, 1.165) is 19.4 Å². The first kappa shape index (κ1) is 16.4. The molecule has 1 saturated heterocycles. The summed E-state index contributed by atoms with van der Waals surface area (Å²) >= 11 is 1.73. The Morgan fingerprint density at radius 2 is 2.24 bits per heavy atom. The van der Waals surface area contributed by atoms with Crippen LogP contribution >= 0.6 is 11.3 Å². The van der Waals surface area contributed by atoms with Gasteiger partial charge in [0.15, 0.2) is 0 Å². The molecule has 0 aliphatic carbocycles. The Kier molecular flexibility index (Phi) is 4.39. The van der Waals surface area contributed by atoms with Crippen LogP contribution in [0.4, 0.5) is 4.39 Å². The summed E-state index contributed by atoms with van der Waals surface area (Å²) in [5.41, 5.74) is 2.60. The lowest BCUT2D eigenvalue weighted by molar-refractivity contribution is 0.159. The van der Waals surface area contributed by atoms with Crippen molar-refractivity contribution >= 4 is 11.3 Å². The lowest BCUT2D eigenvalue weighted by Crippen LogP contribution is -2.26. The van der Waals surface area contributed by atoms with E-state index in [4.69, 9.17) is 4.52 Å². The van der Waals surface area contributed by atoms with Crippen molar-refractivity contribution in [2.24, 2.45) is 0 Å². The molecule has 4 nitrogen and oxygen atoms in total. The molecular weight excluding hydrogens is 337 g/mol. The molecule has 0 amide bonds. The molecule has 25 heavy (non-hydrogen) atoms. The molecule has 3 aromatic rings. The second-order valence-electron chi connectivity index (χ2n) is 6.55. The summed E-state index contributed by atoms with van der Waals surface area (Å²) in [5, 5.41) is 8.39. The zero-order valence-corrected chi connectivity index (χ0v) is 15.1. The SMILES string of the molecule is Cc1ccc(-c2noc([C@@H](C)N3CCC[C@@H]3c3ccsc3)n2)cc1F. The molecule has 0 spiro atoms. The Balaban J connectivity index is 1.58. The second kappa shape index (κ2) is 6.69. The van der Waals surface area contributed by atoms with Gasteiger partial charge in [-0.15, -0.1) is 0 Å². The topological polar surface area (TPSA) is 42.2 Å². The summed E-state index contributed by atoms with van der Waals surface area (Å²) in [4.78, 5) is 6.94. The van der Waals surface area contributed by atoms with Gasteiger partial charge in [-0.05, 0) is 67.3 Å². The van der Waals surface area contributed by atoms with Crippen LogP contribution in [0.1, 0.15) is 48.9 Å². The monoisotopic (exact) mass is 357 g/mol. The van der Waals surface area contributed by atoms with E-state index in [1.807, 2.05) is 6.07 Å². The average Bonchev–Trinajstić information content (AvgIpc) is 3.36. The number of rotatable bonds is 4. The molecule has 0 unspecified atom stereocenters. The number of hydrogen-bond acceptors (Lipinski definition) is 5. The van der Waals surface area contributed by atoms with Gasteiger partial charge in [0.1, 0.15) is 5.82 Å². The maximum Gasteiger partial charge on any atom is 0.244 e. The fourth-order valence-electron chi connectivity index (χ4n) is 3.47. The molecule has 1 aromatic carbocycles. The second-order valence-corrected chi connectivity index (χ2v) is 7.33. The van der Waals surface area contributed by atoms with Gasteiger partial charge in [0.25, 0.3) is 0 Å². The van der Waals surface area contributed by atoms with Crippen molar-refractivity contribution in [1.82, 2.24) is 15.0 Å². The predicted octanol–water partition coefficient (Wildman–Crippen LogP) is 5.14. The quantitative estimate of drug-likeness (QED) is 0.648. The van der Waals surface area contributed by atoms with Crippen LogP contribution < -0.4 is 0 Å². The van der Waals surface area contributed by atoms with Crippen molar-refractivity contribution in [3.05, 3.63) is 57.9 Å². The van der Waals surface area contributed by atoms with Gasteiger partial charge in [-0.2, -0.15) is 16.3 Å². The number of halogens is 1. The molecule has 2 atom stereocenters. The minimum absolute atomic E-state index is 0.0314. The van der Waals surface area contributed by atoms with E-state index >= 15 is 0 Å². The Bertz CT molecular complexity index is 861. The Hall–Kier alpha value is -2.05. The molecule has 1 aliphatic heterocycles. The highest BCUT2D eigenvalue weighted by Crippen LogP contribution is 2.39. The van der Waals surface area contributed by atoms with Gasteiger partial charge >= 0.3 is 0 Å². The fraction of sp³-hybridized carbons (Fsp3) is 0.368. The van der Waals surface area contributed by atoms with E-state index in [0.29, 0.717) is 28.9 Å². The first-order valence-corrected chi connectivity index (χ1v) is 9.46. The van der Waals surface area contributed by atoms with Crippen molar-refractivity contribution in [1.29, 1.82) is 0 Å². The minimum Gasteiger partial charge on any atom is -0.337 e. The molecule has 1 fully saturated rings. The van der Waals surface area contributed by atoms with Crippen LogP contribution in [0.5, 0.6) is 0 Å². The molecule has 0 N–H and O–H groups in total. The molecule has 6 heteroatoms. The van der Waals surface area contributed by atoms with E-state index in [1.54, 1.807) is 24.3 Å². The van der Waals surface area contributed by atoms with Crippen molar-refractivity contribution < 1.29 is 8.91 Å². The number of likely N-dealkylation sites (tertiary alicyclic amines) is 1. The molecule has 1 aliphatic rings. The van der Waals surface area contributed by atoms with Crippen molar-refractivity contribution in [3.63, 3.8) is 0 Å². The van der Waals surface area contributed by atoms with Crippen LogP contribution in [0.2, 0.25) is 0 Å². The van der Waals surface area contributed by atoms with Crippen LogP contribution in [0.25, 0.3) is 11.4 Å². The normalized spacial score (nSPS) is 19.4. The molecule has 130 valence electrons. The van der Waals surface area contributed by atoms with E-state index in [-0.39, 0.29) is 11.9 Å². The Morgan fingerprint density at radius 3 is 3.00 bits per heavy atom. The van der Waals surface area contributed by atoms with Crippen LogP contribution in [-0.2, 0) is 0 Å². The number of benzene rings is 1. The number of aryl methyl sites for hydroxylation is 1. The lowest BCUT2D eigenvalue weighted by Gasteiger charge is -2.27. The summed E-state index contributed by atoms with van der Waals surface area (Å²) in [5.74, 6) is 0.763. The summed E-state index contributed by atoms with van der Waals surface area (Å²) in [7, 11) is 0. The minimum atomic E-state index is -0.256. The number of hydrogen-bond donors (Lipinski definition) is 0. The summed E-state index contributed by atoms with van der Waals surface area (Å²) in [6.45, 7) is 4.84. The highest BCUT2D eigenvalue weighted by molar-refractivity contribution is 7.07. The Morgan fingerprint density at radius 1 is 1.36 bits per heavy atom. The van der Waals surface area contributed by atoms with Crippen LogP contribution in [0.15, 0.2) is 39.5 Å². The first-order valence-electron chi connectivity index (χ1n) is 8.51. The van der Waals surface area contributed by atoms with Gasteiger partial charge in [-0.3, -0.25) is 4.90 Å². The third-order valence-corrected chi connectivity index (χ3v) is 5.65. The lowest BCUT2D eigenvalue weighted by atomic mass is 10.1. The molecule has 0 bridgehead atoms. The summed E-state index contributed by atoms with van der Waals surface area (Å²) in [6, 6.07) is 7.63.